The predicted octanol–water partition coefficient (Wildman–Crippen LogP) is 3.20. The van der Waals surface area contributed by atoms with Crippen LogP contribution in [-0.2, 0) is 0 Å². The number of rotatable bonds is 3. The summed E-state index contributed by atoms with van der Waals surface area (Å²) in [6, 6.07) is 3.51. The van der Waals surface area contributed by atoms with Crippen LogP contribution in [0.15, 0.2) is 22.7 Å². The number of hydrogen-bond donors (Lipinski definition) is 2. The summed E-state index contributed by atoms with van der Waals surface area (Å²) in [5, 5.41) is 2.68. The first-order valence-corrected chi connectivity index (χ1v) is 6.64. The molecule has 0 radical (unpaired) electrons. The van der Waals surface area contributed by atoms with Crippen LogP contribution in [0, 0.1) is 18.6 Å². The standard InChI is InChI=1S/C12H9BrF2N4S/c1-5-2-9(11(16)20)18-12(17-5)19-10-7(13)3-6(14)4-8(10)15/h2-4H,1H3,(H2,16,20)(H,17,18,19). The summed E-state index contributed by atoms with van der Waals surface area (Å²) in [5.74, 6) is -1.33. The maximum atomic E-state index is 13.7. The molecule has 3 N–H and O–H groups in total. The zero-order valence-corrected chi connectivity index (χ0v) is 12.6. The lowest BCUT2D eigenvalue weighted by atomic mass is 10.3. The first kappa shape index (κ1) is 14.7. The van der Waals surface area contributed by atoms with Gasteiger partial charge in [0.25, 0.3) is 0 Å². The summed E-state index contributed by atoms with van der Waals surface area (Å²) in [7, 11) is 0. The van der Waals surface area contributed by atoms with E-state index in [2.05, 4.69) is 31.2 Å². The van der Waals surface area contributed by atoms with Gasteiger partial charge in [0.15, 0.2) is 5.82 Å². The van der Waals surface area contributed by atoms with Crippen LogP contribution >= 0.6 is 28.1 Å². The van der Waals surface area contributed by atoms with Crippen molar-refractivity contribution in [2.45, 2.75) is 6.92 Å². The Morgan fingerprint density at radius 3 is 2.60 bits per heavy atom. The first-order valence-electron chi connectivity index (χ1n) is 5.44. The molecule has 0 bridgehead atoms. The van der Waals surface area contributed by atoms with Gasteiger partial charge in [0.1, 0.15) is 16.5 Å². The second kappa shape index (κ2) is 5.76. The lowest BCUT2D eigenvalue weighted by molar-refractivity contribution is 0.584. The molecular weight excluding hydrogens is 350 g/mol. The quantitative estimate of drug-likeness (QED) is 0.824. The Balaban J connectivity index is 2.42. The van der Waals surface area contributed by atoms with Gasteiger partial charge >= 0.3 is 0 Å². The molecule has 0 amide bonds. The van der Waals surface area contributed by atoms with Crippen molar-refractivity contribution in [2.24, 2.45) is 5.73 Å². The molecule has 0 saturated carbocycles. The Labute approximate surface area is 127 Å². The highest BCUT2D eigenvalue weighted by atomic mass is 79.9. The van der Waals surface area contributed by atoms with E-state index in [-0.39, 0.29) is 21.1 Å². The van der Waals surface area contributed by atoms with Crippen LogP contribution in [0.2, 0.25) is 0 Å². The van der Waals surface area contributed by atoms with E-state index in [0.717, 1.165) is 12.1 Å². The third-order valence-corrected chi connectivity index (χ3v) is 3.18. The molecule has 0 spiro atoms. The minimum absolute atomic E-state index is 0.0332. The van der Waals surface area contributed by atoms with E-state index in [0.29, 0.717) is 11.4 Å². The summed E-state index contributed by atoms with van der Waals surface area (Å²) in [5.41, 5.74) is 6.52. The zero-order chi connectivity index (χ0) is 14.9. The normalized spacial score (nSPS) is 10.4. The van der Waals surface area contributed by atoms with Crippen LogP contribution in [0.4, 0.5) is 20.4 Å². The molecule has 8 heteroatoms. The van der Waals surface area contributed by atoms with E-state index in [1.54, 1.807) is 13.0 Å². The fourth-order valence-corrected chi connectivity index (χ4v) is 2.14. The minimum atomic E-state index is -0.765. The van der Waals surface area contributed by atoms with E-state index < -0.39 is 11.6 Å². The van der Waals surface area contributed by atoms with Crippen molar-refractivity contribution in [3.8, 4) is 0 Å². The topological polar surface area (TPSA) is 63.8 Å². The predicted molar refractivity (Wildman–Crippen MR) is 80.0 cm³/mol. The number of nitrogens with one attached hydrogen (secondary N) is 1. The van der Waals surface area contributed by atoms with Crippen molar-refractivity contribution >= 4 is 44.8 Å². The van der Waals surface area contributed by atoms with Crippen molar-refractivity contribution < 1.29 is 8.78 Å². The van der Waals surface area contributed by atoms with Crippen molar-refractivity contribution in [3.63, 3.8) is 0 Å². The molecule has 0 aliphatic carbocycles. The molecule has 1 aromatic carbocycles. The van der Waals surface area contributed by atoms with Gasteiger partial charge in [-0.15, -0.1) is 0 Å². The number of thiocarbonyl (C=S) groups is 1. The summed E-state index contributed by atoms with van der Waals surface area (Å²) in [6.07, 6.45) is 0. The molecule has 20 heavy (non-hydrogen) atoms. The Bertz CT molecular complexity index is 670. The van der Waals surface area contributed by atoms with Gasteiger partial charge in [-0.3, -0.25) is 0 Å². The second-order valence-corrected chi connectivity index (χ2v) is 5.25. The maximum Gasteiger partial charge on any atom is 0.228 e. The highest BCUT2D eigenvalue weighted by Gasteiger charge is 2.12. The Morgan fingerprint density at radius 1 is 1.30 bits per heavy atom. The Hall–Kier alpha value is -1.67. The molecular formula is C12H9BrF2N4S. The number of nitrogens with two attached hydrogens (primary N) is 1. The van der Waals surface area contributed by atoms with Crippen molar-refractivity contribution in [1.82, 2.24) is 9.97 Å². The van der Waals surface area contributed by atoms with Gasteiger partial charge in [0.2, 0.25) is 5.95 Å². The van der Waals surface area contributed by atoms with Crippen molar-refractivity contribution in [3.05, 3.63) is 45.7 Å². The van der Waals surface area contributed by atoms with Crippen LogP contribution in [0.3, 0.4) is 0 Å². The molecule has 0 fully saturated rings. The SMILES string of the molecule is Cc1cc(C(N)=S)nc(Nc2c(F)cc(F)cc2Br)n1. The number of halogens is 3. The molecule has 0 unspecified atom stereocenters. The molecule has 2 rings (SSSR count). The van der Waals surface area contributed by atoms with E-state index in [9.17, 15) is 8.78 Å². The molecule has 0 aliphatic heterocycles. The van der Waals surface area contributed by atoms with E-state index in [4.69, 9.17) is 18.0 Å². The monoisotopic (exact) mass is 358 g/mol. The van der Waals surface area contributed by atoms with Gasteiger partial charge in [0.05, 0.1) is 5.69 Å². The second-order valence-electron chi connectivity index (χ2n) is 3.95. The molecule has 0 aliphatic rings. The van der Waals surface area contributed by atoms with Crippen LogP contribution < -0.4 is 11.1 Å². The summed E-state index contributed by atoms with van der Waals surface area (Å²) < 4.78 is 27.0. The molecule has 1 heterocycles. The van der Waals surface area contributed by atoms with Crippen LogP contribution in [0.25, 0.3) is 0 Å². The van der Waals surface area contributed by atoms with Crippen LogP contribution in [-0.4, -0.2) is 15.0 Å². The smallest absolute Gasteiger partial charge is 0.228 e. The Morgan fingerprint density at radius 2 is 2.00 bits per heavy atom. The van der Waals surface area contributed by atoms with E-state index in [1.165, 1.54) is 0 Å². The van der Waals surface area contributed by atoms with Gasteiger partial charge in [-0.2, -0.15) is 0 Å². The molecule has 0 saturated heterocycles. The highest BCUT2D eigenvalue weighted by molar-refractivity contribution is 9.10. The minimum Gasteiger partial charge on any atom is -0.388 e. The number of aromatic nitrogens is 2. The molecule has 4 nitrogen and oxygen atoms in total. The maximum absolute atomic E-state index is 13.7. The Kier molecular flexibility index (Phi) is 4.24. The number of aryl methyl sites for hydroxylation is 1. The number of anilines is 2. The molecule has 1 aromatic heterocycles. The van der Waals surface area contributed by atoms with Gasteiger partial charge in [-0.05, 0) is 35.0 Å². The van der Waals surface area contributed by atoms with Crippen molar-refractivity contribution in [1.29, 1.82) is 0 Å². The lowest BCUT2D eigenvalue weighted by Crippen LogP contribution is -2.14. The van der Waals surface area contributed by atoms with Gasteiger partial charge in [-0.1, -0.05) is 12.2 Å². The molecule has 104 valence electrons. The van der Waals surface area contributed by atoms with E-state index in [1.807, 2.05) is 0 Å². The van der Waals surface area contributed by atoms with Gasteiger partial charge in [-0.25, -0.2) is 18.7 Å². The summed E-state index contributed by atoms with van der Waals surface area (Å²) >= 11 is 7.91. The van der Waals surface area contributed by atoms with Gasteiger partial charge < -0.3 is 11.1 Å². The fraction of sp³-hybridized carbons (Fsp3) is 0.0833. The largest absolute Gasteiger partial charge is 0.388 e. The summed E-state index contributed by atoms with van der Waals surface area (Å²) in [4.78, 5) is 8.27. The third-order valence-electron chi connectivity index (χ3n) is 2.35. The lowest BCUT2D eigenvalue weighted by Gasteiger charge is -2.10. The van der Waals surface area contributed by atoms with Gasteiger partial charge in [0, 0.05) is 16.2 Å². The summed E-state index contributed by atoms with van der Waals surface area (Å²) in [6.45, 7) is 1.73. The first-order chi connectivity index (χ1) is 9.36. The third kappa shape index (κ3) is 3.26. The average Bonchev–Trinajstić information content (AvgIpc) is 2.33. The fourth-order valence-electron chi connectivity index (χ4n) is 1.52. The number of hydrogen-bond acceptors (Lipinski definition) is 4. The number of nitrogens with zero attached hydrogens (tertiary/aromatic N) is 2. The average molecular weight is 359 g/mol. The van der Waals surface area contributed by atoms with Crippen LogP contribution in [0.5, 0.6) is 0 Å². The molecule has 0 atom stereocenters. The van der Waals surface area contributed by atoms with Crippen LogP contribution in [0.1, 0.15) is 11.4 Å². The van der Waals surface area contributed by atoms with E-state index >= 15 is 0 Å². The molecule has 2 aromatic rings. The number of benzene rings is 1. The highest BCUT2D eigenvalue weighted by Crippen LogP contribution is 2.28. The zero-order valence-electron chi connectivity index (χ0n) is 10.2. The van der Waals surface area contributed by atoms with Crippen molar-refractivity contribution in [2.75, 3.05) is 5.32 Å².